The first-order valence-corrected chi connectivity index (χ1v) is 9.63. The molecular weight excluding hydrogens is 396 g/mol. The van der Waals surface area contributed by atoms with E-state index in [1.807, 2.05) is 24.3 Å². The number of hydrogen-bond acceptors (Lipinski definition) is 5. The lowest BCUT2D eigenvalue weighted by Crippen LogP contribution is -2.31. The number of piperidine rings is 1. The monoisotopic (exact) mass is 416 g/mol. The van der Waals surface area contributed by atoms with Crippen LogP contribution < -0.4 is 16.3 Å². The second kappa shape index (κ2) is 7.59. The van der Waals surface area contributed by atoms with Gasteiger partial charge in [0.15, 0.2) is 5.65 Å². The highest BCUT2D eigenvalue weighted by molar-refractivity contribution is 9.10. The summed E-state index contributed by atoms with van der Waals surface area (Å²) in [6, 6.07) is 7.88. The van der Waals surface area contributed by atoms with Gasteiger partial charge in [0, 0.05) is 11.0 Å². The minimum atomic E-state index is -0.180. The molecule has 3 N–H and O–H groups in total. The van der Waals surface area contributed by atoms with E-state index in [0.29, 0.717) is 29.6 Å². The Morgan fingerprint density at radius 2 is 2.08 bits per heavy atom. The molecule has 0 saturated carbocycles. The second-order valence-corrected chi connectivity index (χ2v) is 7.47. The molecule has 2 aromatic heterocycles. The fourth-order valence-electron chi connectivity index (χ4n) is 3.30. The number of fused-ring (bicyclic) bond motifs is 1. The Hall–Kier alpha value is -2.19. The zero-order valence-electron chi connectivity index (χ0n) is 14.3. The molecule has 0 atom stereocenters. The zero-order chi connectivity index (χ0) is 17.9. The molecule has 136 valence electrons. The summed E-state index contributed by atoms with van der Waals surface area (Å²) >= 11 is 3.54. The summed E-state index contributed by atoms with van der Waals surface area (Å²) in [4.78, 5) is 24.1. The van der Waals surface area contributed by atoms with Crippen molar-refractivity contribution in [3.63, 3.8) is 0 Å². The van der Waals surface area contributed by atoms with Gasteiger partial charge in [0.25, 0.3) is 0 Å². The van der Waals surface area contributed by atoms with Crippen LogP contribution in [0.15, 0.2) is 39.7 Å². The predicted molar refractivity (Wildman–Crippen MR) is 105 cm³/mol. The lowest BCUT2D eigenvalue weighted by atomic mass is 9.98. The van der Waals surface area contributed by atoms with Crippen molar-refractivity contribution in [2.75, 3.05) is 25.0 Å². The van der Waals surface area contributed by atoms with Crippen LogP contribution in [0.5, 0.6) is 0 Å². The molecule has 0 bridgehead atoms. The number of benzene rings is 1. The standard InChI is InChI=1S/C18H21BrN6O/c19-14-4-2-1-3-13(14)11-25-16-15(23-18(25)26)10-22-17(24-16)21-9-12-5-7-20-8-6-12/h1-4,10,12,20H,5-9,11H2,(H,23,26)(H,21,22,24). The number of aromatic nitrogens is 4. The highest BCUT2D eigenvalue weighted by Gasteiger charge is 2.15. The Labute approximate surface area is 159 Å². The third-order valence-electron chi connectivity index (χ3n) is 4.80. The maximum Gasteiger partial charge on any atom is 0.328 e. The first kappa shape index (κ1) is 17.2. The smallest absolute Gasteiger partial charge is 0.328 e. The molecule has 0 spiro atoms. The molecule has 1 aliphatic heterocycles. The number of imidazole rings is 1. The van der Waals surface area contributed by atoms with E-state index < -0.39 is 0 Å². The van der Waals surface area contributed by atoms with Gasteiger partial charge in [0.2, 0.25) is 5.95 Å². The first-order valence-electron chi connectivity index (χ1n) is 8.84. The van der Waals surface area contributed by atoms with Crippen LogP contribution in [0.1, 0.15) is 18.4 Å². The third kappa shape index (κ3) is 3.66. The molecular formula is C18H21BrN6O. The number of nitrogens with zero attached hydrogens (tertiary/aromatic N) is 3. The average molecular weight is 417 g/mol. The van der Waals surface area contributed by atoms with Crippen LogP contribution >= 0.6 is 15.9 Å². The Balaban J connectivity index is 1.58. The van der Waals surface area contributed by atoms with E-state index in [0.717, 1.165) is 42.5 Å². The Bertz CT molecular complexity index is 960. The largest absolute Gasteiger partial charge is 0.354 e. The molecule has 0 aliphatic carbocycles. The van der Waals surface area contributed by atoms with E-state index in [4.69, 9.17) is 0 Å². The van der Waals surface area contributed by atoms with Crippen molar-refractivity contribution in [1.29, 1.82) is 0 Å². The number of halogens is 1. The zero-order valence-corrected chi connectivity index (χ0v) is 15.9. The highest BCUT2D eigenvalue weighted by Crippen LogP contribution is 2.19. The van der Waals surface area contributed by atoms with Crippen molar-refractivity contribution in [3.05, 3.63) is 51.0 Å². The van der Waals surface area contributed by atoms with Gasteiger partial charge in [0.05, 0.1) is 12.7 Å². The van der Waals surface area contributed by atoms with Crippen LogP contribution in [0.4, 0.5) is 5.95 Å². The Morgan fingerprint density at radius 1 is 1.27 bits per heavy atom. The Kier molecular flexibility index (Phi) is 5.03. The molecule has 0 radical (unpaired) electrons. The molecule has 1 aromatic carbocycles. The van der Waals surface area contributed by atoms with Gasteiger partial charge >= 0.3 is 5.69 Å². The van der Waals surface area contributed by atoms with E-state index >= 15 is 0 Å². The summed E-state index contributed by atoms with van der Waals surface area (Å²) in [6.07, 6.45) is 3.99. The summed E-state index contributed by atoms with van der Waals surface area (Å²) in [6.45, 7) is 3.43. The van der Waals surface area contributed by atoms with E-state index in [1.165, 1.54) is 0 Å². The van der Waals surface area contributed by atoms with Crippen LogP contribution in [-0.2, 0) is 6.54 Å². The van der Waals surface area contributed by atoms with Gasteiger partial charge < -0.3 is 15.6 Å². The van der Waals surface area contributed by atoms with Crippen LogP contribution in [0.25, 0.3) is 11.2 Å². The molecule has 8 heteroatoms. The van der Waals surface area contributed by atoms with Crippen LogP contribution in [0, 0.1) is 5.92 Å². The quantitative estimate of drug-likeness (QED) is 0.593. The second-order valence-electron chi connectivity index (χ2n) is 6.61. The third-order valence-corrected chi connectivity index (χ3v) is 5.58. The van der Waals surface area contributed by atoms with Gasteiger partial charge in [-0.1, -0.05) is 34.1 Å². The van der Waals surface area contributed by atoms with Crippen molar-refractivity contribution in [1.82, 2.24) is 24.8 Å². The molecule has 0 amide bonds. The topological polar surface area (TPSA) is 87.6 Å². The fraction of sp³-hybridized carbons (Fsp3) is 0.389. The molecule has 1 fully saturated rings. The molecule has 7 nitrogen and oxygen atoms in total. The van der Waals surface area contributed by atoms with E-state index in [2.05, 4.69) is 41.5 Å². The molecule has 1 saturated heterocycles. The van der Waals surface area contributed by atoms with Crippen molar-refractivity contribution in [2.45, 2.75) is 19.4 Å². The predicted octanol–water partition coefficient (Wildman–Crippen LogP) is 2.34. The molecule has 0 unspecified atom stereocenters. The van der Waals surface area contributed by atoms with Crippen molar-refractivity contribution >= 4 is 33.0 Å². The summed E-state index contributed by atoms with van der Waals surface area (Å²) in [7, 11) is 0. The minimum absolute atomic E-state index is 0.180. The summed E-state index contributed by atoms with van der Waals surface area (Å²) in [5.74, 6) is 1.19. The number of H-pyrrole nitrogens is 1. The Morgan fingerprint density at radius 3 is 2.88 bits per heavy atom. The minimum Gasteiger partial charge on any atom is -0.354 e. The molecule has 26 heavy (non-hydrogen) atoms. The molecule has 1 aliphatic rings. The van der Waals surface area contributed by atoms with E-state index in [-0.39, 0.29) is 5.69 Å². The fourth-order valence-corrected chi connectivity index (χ4v) is 3.71. The molecule has 3 heterocycles. The van der Waals surface area contributed by atoms with Crippen molar-refractivity contribution < 1.29 is 0 Å². The molecule has 3 aromatic rings. The number of rotatable bonds is 5. The van der Waals surface area contributed by atoms with Gasteiger partial charge in [-0.15, -0.1) is 0 Å². The number of nitrogens with one attached hydrogen (secondary N) is 3. The van der Waals surface area contributed by atoms with Gasteiger partial charge in [-0.2, -0.15) is 4.98 Å². The summed E-state index contributed by atoms with van der Waals surface area (Å²) in [5.41, 5.74) is 2.11. The highest BCUT2D eigenvalue weighted by atomic mass is 79.9. The maximum absolute atomic E-state index is 12.4. The number of aromatic amines is 1. The van der Waals surface area contributed by atoms with Gasteiger partial charge in [-0.3, -0.25) is 4.57 Å². The van der Waals surface area contributed by atoms with Crippen LogP contribution in [0.3, 0.4) is 0 Å². The lowest BCUT2D eigenvalue weighted by Gasteiger charge is -2.22. The van der Waals surface area contributed by atoms with Gasteiger partial charge in [0.1, 0.15) is 5.52 Å². The average Bonchev–Trinajstić information content (AvgIpc) is 2.97. The number of anilines is 1. The maximum atomic E-state index is 12.4. The normalized spacial score (nSPS) is 15.4. The van der Waals surface area contributed by atoms with E-state index in [9.17, 15) is 4.79 Å². The summed E-state index contributed by atoms with van der Waals surface area (Å²) < 4.78 is 2.62. The number of hydrogen-bond donors (Lipinski definition) is 3. The van der Waals surface area contributed by atoms with Crippen LogP contribution in [-0.4, -0.2) is 39.2 Å². The van der Waals surface area contributed by atoms with Crippen molar-refractivity contribution in [2.24, 2.45) is 5.92 Å². The SMILES string of the molecule is O=c1[nH]c2cnc(NCC3CCNCC3)nc2n1Cc1ccccc1Br. The first-order chi connectivity index (χ1) is 12.7. The van der Waals surface area contributed by atoms with Crippen molar-refractivity contribution in [3.8, 4) is 0 Å². The lowest BCUT2D eigenvalue weighted by molar-refractivity contribution is 0.389. The summed E-state index contributed by atoms with van der Waals surface area (Å²) in [5, 5.41) is 6.70. The van der Waals surface area contributed by atoms with E-state index in [1.54, 1.807) is 10.8 Å². The van der Waals surface area contributed by atoms with Gasteiger partial charge in [-0.05, 0) is 43.5 Å². The molecule has 4 rings (SSSR count). The van der Waals surface area contributed by atoms with Crippen LogP contribution in [0.2, 0.25) is 0 Å². The van der Waals surface area contributed by atoms with Gasteiger partial charge in [-0.25, -0.2) is 9.78 Å².